The van der Waals surface area contributed by atoms with Gasteiger partial charge in [0.25, 0.3) is 0 Å². The van der Waals surface area contributed by atoms with Gasteiger partial charge >= 0.3 is 0 Å². The molecule has 14 heavy (non-hydrogen) atoms. The molecule has 0 atom stereocenters. The van der Waals surface area contributed by atoms with Crippen LogP contribution in [0.2, 0.25) is 0 Å². The first-order chi connectivity index (χ1) is 6.68. The maximum absolute atomic E-state index is 10.5. The van der Waals surface area contributed by atoms with Crippen molar-refractivity contribution in [3.8, 4) is 0 Å². The molecule has 0 heterocycles. The zero-order valence-corrected chi connectivity index (χ0v) is 10.1. The fourth-order valence-corrected chi connectivity index (χ4v) is 1.35. The Labute approximate surface area is 97.5 Å². The summed E-state index contributed by atoms with van der Waals surface area (Å²) in [5.41, 5.74) is 1.24. The second-order valence-corrected chi connectivity index (χ2v) is 4.18. The Hall–Kier alpha value is -0.840. The molecular weight excluding hydrogens is 289 g/mol. The van der Waals surface area contributed by atoms with Crippen LogP contribution in [0.1, 0.15) is 12.5 Å². The van der Waals surface area contributed by atoms with Crippen molar-refractivity contribution in [1.82, 2.24) is 5.32 Å². The highest BCUT2D eigenvalue weighted by Crippen LogP contribution is 2.07. The summed E-state index contributed by atoms with van der Waals surface area (Å²) < 4.78 is 1.23. The van der Waals surface area contributed by atoms with Crippen molar-refractivity contribution in [3.63, 3.8) is 0 Å². The van der Waals surface area contributed by atoms with E-state index in [1.165, 1.54) is 16.1 Å². The predicted molar refractivity (Wildman–Crippen MR) is 65.8 cm³/mol. The van der Waals surface area contributed by atoms with Crippen LogP contribution in [0, 0.1) is 3.57 Å². The molecule has 0 radical (unpaired) electrons. The Morgan fingerprint density at radius 2 is 2.07 bits per heavy atom. The van der Waals surface area contributed by atoms with Gasteiger partial charge in [-0.15, -0.1) is 0 Å². The lowest BCUT2D eigenvalue weighted by Crippen LogP contribution is -2.11. The summed E-state index contributed by atoms with van der Waals surface area (Å²) in [5.74, 6) is -0.0381. The van der Waals surface area contributed by atoms with Crippen LogP contribution < -0.4 is 5.32 Å². The number of carbonyl (C=O) groups is 1. The predicted octanol–water partition coefficient (Wildman–Crippen LogP) is 2.48. The third kappa shape index (κ3) is 4.41. The second kappa shape index (κ2) is 5.80. The summed E-state index contributed by atoms with van der Waals surface area (Å²) in [4.78, 5) is 10.5. The molecule has 0 saturated carbocycles. The highest BCUT2D eigenvalue weighted by molar-refractivity contribution is 14.1. The standard InChI is InChI=1S/C11H12INO/c1-9(14)13-8-2-3-10-4-6-11(12)7-5-10/h2,4-8H,3H2,1H3,(H,13,14)/b8-2+. The summed E-state index contributed by atoms with van der Waals surface area (Å²) in [6, 6.07) is 8.31. The number of hydrogen-bond donors (Lipinski definition) is 1. The Kier molecular flexibility index (Phi) is 4.65. The minimum absolute atomic E-state index is 0.0381. The van der Waals surface area contributed by atoms with Gasteiger partial charge in [0.2, 0.25) is 5.91 Å². The van der Waals surface area contributed by atoms with E-state index in [1.807, 2.05) is 6.08 Å². The number of hydrogen-bond acceptors (Lipinski definition) is 1. The molecule has 0 bridgehead atoms. The first-order valence-corrected chi connectivity index (χ1v) is 5.43. The lowest BCUT2D eigenvalue weighted by atomic mass is 10.1. The molecule has 1 aromatic rings. The SMILES string of the molecule is CC(=O)N/C=C/Cc1ccc(I)cc1. The van der Waals surface area contributed by atoms with E-state index in [4.69, 9.17) is 0 Å². The van der Waals surface area contributed by atoms with Gasteiger partial charge in [0.15, 0.2) is 0 Å². The zero-order valence-electron chi connectivity index (χ0n) is 7.96. The van der Waals surface area contributed by atoms with Crippen LogP contribution in [0.25, 0.3) is 0 Å². The number of allylic oxidation sites excluding steroid dienone is 1. The molecule has 0 aliphatic carbocycles. The molecule has 0 saturated heterocycles. The molecule has 1 N–H and O–H groups in total. The van der Waals surface area contributed by atoms with Gasteiger partial charge in [-0.05, 0) is 46.7 Å². The van der Waals surface area contributed by atoms with E-state index in [-0.39, 0.29) is 5.91 Å². The normalized spacial score (nSPS) is 10.4. The number of benzene rings is 1. The van der Waals surface area contributed by atoms with Crippen LogP contribution >= 0.6 is 22.6 Å². The van der Waals surface area contributed by atoms with Gasteiger partial charge in [0, 0.05) is 16.7 Å². The first-order valence-electron chi connectivity index (χ1n) is 4.35. The summed E-state index contributed by atoms with van der Waals surface area (Å²) in [5, 5.41) is 2.61. The maximum atomic E-state index is 10.5. The Bertz CT molecular complexity index is 330. The number of carbonyl (C=O) groups excluding carboxylic acids is 1. The van der Waals surface area contributed by atoms with Crippen molar-refractivity contribution in [3.05, 3.63) is 45.7 Å². The Morgan fingerprint density at radius 1 is 1.43 bits per heavy atom. The van der Waals surface area contributed by atoms with Crippen LogP contribution in [0.3, 0.4) is 0 Å². The van der Waals surface area contributed by atoms with Crippen molar-refractivity contribution in [1.29, 1.82) is 0 Å². The van der Waals surface area contributed by atoms with Crippen LogP contribution in [-0.2, 0) is 11.2 Å². The zero-order chi connectivity index (χ0) is 10.4. The molecule has 74 valence electrons. The molecule has 0 aromatic heterocycles. The molecule has 0 unspecified atom stereocenters. The summed E-state index contributed by atoms with van der Waals surface area (Å²) in [6.45, 7) is 1.50. The van der Waals surface area contributed by atoms with Gasteiger partial charge in [-0.3, -0.25) is 4.79 Å². The summed E-state index contributed by atoms with van der Waals surface area (Å²) >= 11 is 2.28. The fraction of sp³-hybridized carbons (Fsp3) is 0.182. The summed E-state index contributed by atoms with van der Waals surface area (Å²) in [7, 11) is 0. The highest BCUT2D eigenvalue weighted by Gasteiger charge is 1.89. The molecule has 0 spiro atoms. The van der Waals surface area contributed by atoms with Crippen molar-refractivity contribution < 1.29 is 4.79 Å². The number of rotatable bonds is 3. The van der Waals surface area contributed by atoms with Gasteiger partial charge in [-0.2, -0.15) is 0 Å². The van der Waals surface area contributed by atoms with Crippen molar-refractivity contribution >= 4 is 28.5 Å². The van der Waals surface area contributed by atoms with E-state index in [0.29, 0.717) is 0 Å². The Balaban J connectivity index is 2.42. The van der Waals surface area contributed by atoms with E-state index in [1.54, 1.807) is 6.20 Å². The third-order valence-electron chi connectivity index (χ3n) is 1.67. The van der Waals surface area contributed by atoms with E-state index < -0.39 is 0 Å². The molecule has 0 fully saturated rings. The molecule has 1 amide bonds. The van der Waals surface area contributed by atoms with Crippen molar-refractivity contribution in [2.24, 2.45) is 0 Å². The molecule has 3 heteroatoms. The average molecular weight is 301 g/mol. The van der Waals surface area contributed by atoms with Gasteiger partial charge < -0.3 is 5.32 Å². The lowest BCUT2D eigenvalue weighted by Gasteiger charge is -1.96. The van der Waals surface area contributed by atoms with Crippen molar-refractivity contribution in [2.75, 3.05) is 0 Å². The Morgan fingerprint density at radius 3 is 2.64 bits per heavy atom. The van der Waals surface area contributed by atoms with Crippen molar-refractivity contribution in [2.45, 2.75) is 13.3 Å². The molecule has 2 nitrogen and oxygen atoms in total. The van der Waals surface area contributed by atoms with E-state index in [0.717, 1.165) is 6.42 Å². The summed E-state index contributed by atoms with van der Waals surface area (Å²) in [6.07, 6.45) is 4.46. The van der Waals surface area contributed by atoms with Crippen LogP contribution in [0.15, 0.2) is 36.5 Å². The minimum Gasteiger partial charge on any atom is -0.333 e. The maximum Gasteiger partial charge on any atom is 0.220 e. The minimum atomic E-state index is -0.0381. The first kappa shape index (κ1) is 11.2. The monoisotopic (exact) mass is 301 g/mol. The topological polar surface area (TPSA) is 29.1 Å². The van der Waals surface area contributed by atoms with Gasteiger partial charge in [0.1, 0.15) is 0 Å². The van der Waals surface area contributed by atoms with Crippen LogP contribution in [0.4, 0.5) is 0 Å². The molecule has 1 aromatic carbocycles. The van der Waals surface area contributed by atoms with Gasteiger partial charge in [0.05, 0.1) is 0 Å². The van der Waals surface area contributed by atoms with E-state index in [9.17, 15) is 4.79 Å². The van der Waals surface area contributed by atoms with E-state index >= 15 is 0 Å². The quantitative estimate of drug-likeness (QED) is 0.854. The molecule has 0 aliphatic heterocycles. The van der Waals surface area contributed by atoms with Crippen LogP contribution in [0.5, 0.6) is 0 Å². The average Bonchev–Trinajstić information content (AvgIpc) is 2.15. The number of halogens is 1. The smallest absolute Gasteiger partial charge is 0.220 e. The van der Waals surface area contributed by atoms with Gasteiger partial charge in [-0.25, -0.2) is 0 Å². The van der Waals surface area contributed by atoms with Crippen LogP contribution in [-0.4, -0.2) is 5.91 Å². The molecular formula is C11H12INO. The molecule has 0 aliphatic rings. The fourth-order valence-electron chi connectivity index (χ4n) is 0.992. The number of amides is 1. The number of nitrogens with one attached hydrogen (secondary N) is 1. The highest BCUT2D eigenvalue weighted by atomic mass is 127. The van der Waals surface area contributed by atoms with Gasteiger partial charge in [-0.1, -0.05) is 18.2 Å². The largest absolute Gasteiger partial charge is 0.333 e. The second-order valence-electron chi connectivity index (χ2n) is 2.93. The third-order valence-corrected chi connectivity index (χ3v) is 2.39. The molecule has 1 rings (SSSR count). The van der Waals surface area contributed by atoms with E-state index in [2.05, 4.69) is 52.2 Å². The lowest BCUT2D eigenvalue weighted by molar-refractivity contribution is -0.118.